The molecule has 0 radical (unpaired) electrons. The van der Waals surface area contributed by atoms with E-state index in [-0.39, 0.29) is 6.04 Å². The van der Waals surface area contributed by atoms with Crippen LogP contribution in [0.2, 0.25) is 0 Å². The minimum absolute atomic E-state index is 0.102. The monoisotopic (exact) mass is 230 g/mol. The highest BCUT2D eigenvalue weighted by Crippen LogP contribution is 2.12. The molecule has 0 bridgehead atoms. The first-order valence-electron chi connectivity index (χ1n) is 5.87. The lowest BCUT2D eigenvalue weighted by molar-refractivity contribution is 0.624. The highest BCUT2D eigenvalue weighted by molar-refractivity contribution is 5.15. The third-order valence-electron chi connectivity index (χ3n) is 2.91. The number of nitrogens with two attached hydrogens (primary N) is 1. The molecule has 2 rings (SSSR count). The zero-order valence-electron chi connectivity index (χ0n) is 10.3. The normalized spacial score (nSPS) is 12.6. The molecule has 0 amide bonds. The van der Waals surface area contributed by atoms with E-state index in [0.717, 1.165) is 24.4 Å². The van der Waals surface area contributed by atoms with Gasteiger partial charge in [-0.2, -0.15) is 0 Å². The summed E-state index contributed by atoms with van der Waals surface area (Å²) in [5.74, 6) is 0.895. The van der Waals surface area contributed by atoms with Crippen molar-refractivity contribution < 1.29 is 0 Å². The van der Waals surface area contributed by atoms with Crippen molar-refractivity contribution in [1.29, 1.82) is 0 Å². The number of rotatable bonds is 4. The van der Waals surface area contributed by atoms with E-state index >= 15 is 0 Å². The van der Waals surface area contributed by atoms with Crippen LogP contribution in [0.4, 0.5) is 0 Å². The molecule has 4 heteroatoms. The lowest BCUT2D eigenvalue weighted by atomic mass is 10.1. The summed E-state index contributed by atoms with van der Waals surface area (Å²) in [7, 11) is 1.95. The van der Waals surface area contributed by atoms with E-state index in [0.29, 0.717) is 0 Å². The first-order valence-corrected chi connectivity index (χ1v) is 5.87. The van der Waals surface area contributed by atoms with Gasteiger partial charge in [0, 0.05) is 37.8 Å². The Hall–Kier alpha value is -1.68. The zero-order valence-corrected chi connectivity index (χ0v) is 10.3. The lowest BCUT2D eigenvalue weighted by Crippen LogP contribution is -2.18. The molecular formula is C13H18N4. The van der Waals surface area contributed by atoms with Crippen LogP contribution in [-0.4, -0.2) is 14.5 Å². The summed E-state index contributed by atoms with van der Waals surface area (Å²) in [5, 5.41) is 0. The van der Waals surface area contributed by atoms with Gasteiger partial charge in [-0.15, -0.1) is 0 Å². The fraction of sp³-hybridized carbons (Fsp3) is 0.385. The summed E-state index contributed by atoms with van der Waals surface area (Å²) in [6.07, 6.45) is 7.32. The smallest absolute Gasteiger partial charge is 0.125 e. The Morgan fingerprint density at radius 3 is 2.71 bits per heavy atom. The molecule has 0 spiro atoms. The molecule has 0 aromatic carbocycles. The second-order valence-corrected chi connectivity index (χ2v) is 4.22. The molecule has 4 nitrogen and oxygen atoms in total. The van der Waals surface area contributed by atoms with Gasteiger partial charge in [0.05, 0.1) is 6.04 Å². The molecule has 0 fully saturated rings. The van der Waals surface area contributed by atoms with Crippen LogP contribution in [0.25, 0.3) is 0 Å². The molecule has 2 aromatic rings. The van der Waals surface area contributed by atoms with Crippen LogP contribution in [-0.2, 0) is 19.9 Å². The Morgan fingerprint density at radius 1 is 1.35 bits per heavy atom. The number of hydrogen-bond donors (Lipinski definition) is 1. The summed E-state index contributed by atoms with van der Waals surface area (Å²) in [5.41, 5.74) is 8.38. The van der Waals surface area contributed by atoms with Crippen LogP contribution in [0.15, 0.2) is 30.7 Å². The van der Waals surface area contributed by atoms with E-state index in [4.69, 9.17) is 5.73 Å². The van der Waals surface area contributed by atoms with Gasteiger partial charge in [-0.25, -0.2) is 4.98 Å². The van der Waals surface area contributed by atoms with E-state index in [1.54, 1.807) is 6.20 Å². The van der Waals surface area contributed by atoms with E-state index in [1.807, 2.05) is 30.1 Å². The van der Waals surface area contributed by atoms with E-state index in [9.17, 15) is 0 Å². The van der Waals surface area contributed by atoms with Gasteiger partial charge in [0.25, 0.3) is 0 Å². The van der Waals surface area contributed by atoms with Gasteiger partial charge >= 0.3 is 0 Å². The molecule has 0 aliphatic rings. The second-order valence-electron chi connectivity index (χ2n) is 4.22. The maximum Gasteiger partial charge on any atom is 0.125 e. The average Bonchev–Trinajstić information content (AvgIpc) is 2.76. The SMILES string of the molecule is CCc1ccc(CC(N)c2nccn2C)nc1. The van der Waals surface area contributed by atoms with Crippen LogP contribution >= 0.6 is 0 Å². The predicted octanol–water partition coefficient (Wildman–Crippen LogP) is 1.62. The van der Waals surface area contributed by atoms with Gasteiger partial charge in [-0.05, 0) is 18.1 Å². The molecule has 0 saturated carbocycles. The topological polar surface area (TPSA) is 56.7 Å². The standard InChI is InChI=1S/C13H18N4/c1-3-10-4-5-11(16-9-10)8-12(14)13-15-6-7-17(13)2/h4-7,9,12H,3,8,14H2,1-2H3. The number of imidazole rings is 1. The molecule has 2 aromatic heterocycles. The molecule has 17 heavy (non-hydrogen) atoms. The fourth-order valence-electron chi connectivity index (χ4n) is 1.84. The minimum atomic E-state index is -0.102. The van der Waals surface area contributed by atoms with Crippen molar-refractivity contribution in [2.24, 2.45) is 12.8 Å². The van der Waals surface area contributed by atoms with Crippen LogP contribution in [0.3, 0.4) is 0 Å². The molecule has 2 N–H and O–H groups in total. The Bertz CT molecular complexity index is 472. The summed E-state index contributed by atoms with van der Waals surface area (Å²) in [6, 6.07) is 4.05. The third-order valence-corrected chi connectivity index (χ3v) is 2.91. The van der Waals surface area contributed by atoms with Crippen molar-refractivity contribution in [3.8, 4) is 0 Å². The molecule has 90 valence electrons. The minimum Gasteiger partial charge on any atom is -0.337 e. The Labute approximate surface area is 102 Å². The molecule has 0 aliphatic carbocycles. The number of hydrogen-bond acceptors (Lipinski definition) is 3. The van der Waals surface area contributed by atoms with Crippen LogP contribution in [0.5, 0.6) is 0 Å². The quantitative estimate of drug-likeness (QED) is 0.868. The highest BCUT2D eigenvalue weighted by atomic mass is 15.1. The predicted molar refractivity (Wildman–Crippen MR) is 67.5 cm³/mol. The summed E-state index contributed by atoms with van der Waals surface area (Å²) in [4.78, 5) is 8.67. The lowest BCUT2D eigenvalue weighted by Gasteiger charge is -2.11. The van der Waals surface area contributed by atoms with Crippen molar-refractivity contribution in [1.82, 2.24) is 14.5 Å². The second kappa shape index (κ2) is 5.10. The van der Waals surface area contributed by atoms with Crippen LogP contribution < -0.4 is 5.73 Å². The fourth-order valence-corrected chi connectivity index (χ4v) is 1.84. The first-order chi connectivity index (χ1) is 8.20. The molecular weight excluding hydrogens is 212 g/mol. The summed E-state index contributed by atoms with van der Waals surface area (Å²) in [6.45, 7) is 2.12. The van der Waals surface area contributed by atoms with E-state index < -0.39 is 0 Å². The molecule has 1 unspecified atom stereocenters. The van der Waals surface area contributed by atoms with Crippen LogP contribution in [0, 0.1) is 0 Å². The Balaban J connectivity index is 2.07. The van der Waals surface area contributed by atoms with Crippen molar-refractivity contribution in [3.05, 3.63) is 47.8 Å². The van der Waals surface area contributed by atoms with Gasteiger partial charge in [0.15, 0.2) is 0 Å². The Morgan fingerprint density at radius 2 is 2.18 bits per heavy atom. The van der Waals surface area contributed by atoms with E-state index in [2.05, 4.69) is 23.0 Å². The third kappa shape index (κ3) is 2.71. The van der Waals surface area contributed by atoms with Gasteiger partial charge in [-0.1, -0.05) is 13.0 Å². The van der Waals surface area contributed by atoms with Crippen molar-refractivity contribution in [2.75, 3.05) is 0 Å². The number of aromatic nitrogens is 3. The van der Waals surface area contributed by atoms with Crippen molar-refractivity contribution >= 4 is 0 Å². The zero-order chi connectivity index (χ0) is 12.3. The highest BCUT2D eigenvalue weighted by Gasteiger charge is 2.12. The summed E-state index contributed by atoms with van der Waals surface area (Å²) >= 11 is 0. The number of pyridine rings is 1. The van der Waals surface area contributed by atoms with E-state index in [1.165, 1.54) is 5.56 Å². The summed E-state index contributed by atoms with van der Waals surface area (Å²) < 4.78 is 1.95. The molecule has 0 aliphatic heterocycles. The number of aryl methyl sites for hydroxylation is 2. The maximum atomic E-state index is 6.12. The van der Waals surface area contributed by atoms with Gasteiger partial charge < -0.3 is 10.3 Å². The molecule has 0 saturated heterocycles. The average molecular weight is 230 g/mol. The molecule has 2 heterocycles. The van der Waals surface area contributed by atoms with Crippen LogP contribution in [0.1, 0.15) is 30.0 Å². The number of nitrogens with zero attached hydrogens (tertiary/aromatic N) is 3. The maximum absolute atomic E-state index is 6.12. The van der Waals surface area contributed by atoms with Gasteiger partial charge in [-0.3, -0.25) is 4.98 Å². The van der Waals surface area contributed by atoms with Gasteiger partial charge in [0.2, 0.25) is 0 Å². The first kappa shape index (κ1) is 11.8. The van der Waals surface area contributed by atoms with Gasteiger partial charge in [0.1, 0.15) is 5.82 Å². The van der Waals surface area contributed by atoms with Crippen molar-refractivity contribution in [3.63, 3.8) is 0 Å². The Kier molecular flexibility index (Phi) is 3.54. The largest absolute Gasteiger partial charge is 0.337 e. The molecule has 1 atom stereocenters. The van der Waals surface area contributed by atoms with Crippen molar-refractivity contribution in [2.45, 2.75) is 25.8 Å².